The minimum Gasteiger partial charge on any atom is -0.497 e. The Labute approximate surface area is 288 Å². The normalized spacial score (nSPS) is 16.5. The minimum atomic E-state index is -0.735. The molecule has 49 heavy (non-hydrogen) atoms. The highest BCUT2D eigenvalue weighted by atomic mass is 16.8. The van der Waals surface area contributed by atoms with Crippen LogP contribution in [0.5, 0.6) is 28.7 Å². The summed E-state index contributed by atoms with van der Waals surface area (Å²) in [6.45, 7) is 7.63. The first-order valence-corrected chi connectivity index (χ1v) is 16.6. The van der Waals surface area contributed by atoms with Gasteiger partial charge in [-0.15, -0.1) is 5.06 Å². The van der Waals surface area contributed by atoms with Crippen LogP contribution < -0.4 is 23.7 Å². The molecular formula is C39H47NO9. The van der Waals surface area contributed by atoms with E-state index < -0.39 is 11.8 Å². The van der Waals surface area contributed by atoms with Gasteiger partial charge in [0.1, 0.15) is 34.3 Å². The Balaban J connectivity index is 1.25. The number of hydrogen-bond donors (Lipinski definition) is 0. The number of carbonyl (C=O) groups excluding carboxylic acids is 1. The monoisotopic (exact) mass is 673 g/mol. The largest absolute Gasteiger partial charge is 0.528 e. The number of piperidine rings is 1. The molecule has 0 aromatic heterocycles. The van der Waals surface area contributed by atoms with E-state index in [2.05, 4.69) is 12.1 Å². The maximum Gasteiger partial charge on any atom is 0.528 e. The summed E-state index contributed by atoms with van der Waals surface area (Å²) in [7, 11) is 4.96. The molecule has 0 saturated carbocycles. The Hall–Kier alpha value is -4.67. The van der Waals surface area contributed by atoms with E-state index in [0.29, 0.717) is 32.7 Å². The van der Waals surface area contributed by atoms with Gasteiger partial charge < -0.3 is 38.0 Å². The van der Waals surface area contributed by atoms with E-state index in [-0.39, 0.29) is 18.6 Å². The lowest BCUT2D eigenvalue weighted by atomic mass is 9.87. The van der Waals surface area contributed by atoms with Gasteiger partial charge in [0, 0.05) is 41.3 Å². The van der Waals surface area contributed by atoms with Crippen molar-refractivity contribution in [1.82, 2.24) is 5.06 Å². The van der Waals surface area contributed by atoms with Crippen LogP contribution >= 0.6 is 0 Å². The average molecular weight is 674 g/mol. The van der Waals surface area contributed by atoms with Crippen LogP contribution in [0.1, 0.15) is 50.7 Å². The third-order valence-corrected chi connectivity index (χ3v) is 8.20. The number of hydrogen-bond acceptors (Lipinski definition) is 10. The molecule has 0 radical (unpaired) electrons. The molecule has 0 spiro atoms. The van der Waals surface area contributed by atoms with Crippen LogP contribution in [0.25, 0.3) is 10.8 Å². The molecule has 4 aromatic rings. The molecule has 0 amide bonds. The first-order chi connectivity index (χ1) is 23.7. The van der Waals surface area contributed by atoms with E-state index in [1.807, 2.05) is 66.7 Å². The first kappa shape index (κ1) is 35.6. The highest BCUT2D eigenvalue weighted by Crippen LogP contribution is 2.38. The third-order valence-electron chi connectivity index (χ3n) is 8.20. The topological polar surface area (TPSA) is 94.2 Å². The smallest absolute Gasteiger partial charge is 0.497 e. The number of hydroxylamine groups is 2. The lowest BCUT2D eigenvalue weighted by molar-refractivity contribution is -0.179. The predicted octanol–water partition coefficient (Wildman–Crippen LogP) is 7.95. The first-order valence-electron chi connectivity index (χ1n) is 16.6. The quantitative estimate of drug-likeness (QED) is 0.0970. The molecule has 1 aliphatic rings. The van der Waals surface area contributed by atoms with Crippen LogP contribution in [0.4, 0.5) is 4.79 Å². The van der Waals surface area contributed by atoms with Crippen LogP contribution in [-0.2, 0) is 20.9 Å². The van der Waals surface area contributed by atoms with E-state index in [9.17, 15) is 4.79 Å². The zero-order valence-corrected chi connectivity index (χ0v) is 29.2. The Kier molecular flexibility index (Phi) is 12.1. The number of carbonyl (C=O) groups is 1. The van der Waals surface area contributed by atoms with Crippen molar-refractivity contribution in [3.05, 3.63) is 90.0 Å². The molecule has 0 N–H and O–H groups in total. The van der Waals surface area contributed by atoms with Crippen LogP contribution in [-0.4, -0.2) is 70.6 Å². The molecule has 0 aliphatic carbocycles. The van der Waals surface area contributed by atoms with Crippen molar-refractivity contribution in [1.29, 1.82) is 0 Å². The van der Waals surface area contributed by atoms with Gasteiger partial charge in [0.2, 0.25) is 0 Å². The fourth-order valence-corrected chi connectivity index (χ4v) is 5.92. The van der Waals surface area contributed by atoms with Gasteiger partial charge in [0.25, 0.3) is 0 Å². The van der Waals surface area contributed by atoms with Crippen LogP contribution in [0.2, 0.25) is 0 Å². The molecule has 1 heterocycles. The molecule has 10 nitrogen and oxygen atoms in total. The van der Waals surface area contributed by atoms with Crippen molar-refractivity contribution in [3.8, 4) is 28.7 Å². The molecule has 262 valence electrons. The average Bonchev–Trinajstić information content (AvgIpc) is 3.09. The second-order valence-corrected chi connectivity index (χ2v) is 12.8. The van der Waals surface area contributed by atoms with Gasteiger partial charge in [-0.1, -0.05) is 42.5 Å². The summed E-state index contributed by atoms with van der Waals surface area (Å²) < 4.78 is 40.7. The van der Waals surface area contributed by atoms with E-state index in [4.69, 9.17) is 38.0 Å². The van der Waals surface area contributed by atoms with Crippen LogP contribution in [0.3, 0.4) is 0 Å². The maximum absolute atomic E-state index is 12.5. The number of ether oxygens (including phenoxy) is 7. The highest BCUT2D eigenvalue weighted by Gasteiger charge is 2.34. The van der Waals surface area contributed by atoms with E-state index >= 15 is 0 Å². The lowest BCUT2D eigenvalue weighted by Gasteiger charge is -2.37. The minimum absolute atomic E-state index is 0.0390. The molecule has 1 fully saturated rings. The van der Waals surface area contributed by atoms with Gasteiger partial charge in [-0.2, -0.15) is 0 Å². The van der Waals surface area contributed by atoms with Gasteiger partial charge in [-0.05, 0) is 63.1 Å². The Morgan fingerprint density at radius 3 is 2.20 bits per heavy atom. The fraction of sp³-hybridized carbons (Fsp3) is 0.410. The maximum atomic E-state index is 12.5. The fourth-order valence-electron chi connectivity index (χ4n) is 5.92. The molecule has 1 saturated heterocycles. The van der Waals surface area contributed by atoms with Crippen molar-refractivity contribution in [2.24, 2.45) is 0 Å². The van der Waals surface area contributed by atoms with Gasteiger partial charge >= 0.3 is 6.16 Å². The Morgan fingerprint density at radius 2 is 1.51 bits per heavy atom. The van der Waals surface area contributed by atoms with Gasteiger partial charge in [0.15, 0.2) is 0 Å². The van der Waals surface area contributed by atoms with E-state index in [0.717, 1.165) is 57.1 Å². The van der Waals surface area contributed by atoms with Crippen molar-refractivity contribution < 1.29 is 42.8 Å². The molecular weight excluding hydrogens is 626 g/mol. The molecule has 0 bridgehead atoms. The molecule has 2 atom stereocenters. The molecule has 1 aliphatic heterocycles. The number of benzene rings is 4. The number of nitrogens with zero attached hydrogens (tertiary/aromatic N) is 1. The number of fused-ring (bicyclic) bond motifs is 1. The number of rotatable bonds is 14. The van der Waals surface area contributed by atoms with Crippen molar-refractivity contribution in [2.75, 3.05) is 47.6 Å². The summed E-state index contributed by atoms with van der Waals surface area (Å²) >= 11 is 0. The predicted molar refractivity (Wildman–Crippen MR) is 187 cm³/mol. The number of methoxy groups -OCH3 is 3. The molecule has 5 rings (SSSR count). The second kappa shape index (κ2) is 16.6. The summed E-state index contributed by atoms with van der Waals surface area (Å²) in [5.41, 5.74) is 1.31. The summed E-state index contributed by atoms with van der Waals surface area (Å²) in [5.74, 6) is 3.82. The summed E-state index contributed by atoms with van der Waals surface area (Å²) in [6, 6.07) is 25.6. The zero-order chi connectivity index (χ0) is 34.8. The van der Waals surface area contributed by atoms with Crippen LogP contribution in [0, 0.1) is 0 Å². The summed E-state index contributed by atoms with van der Waals surface area (Å²) in [4.78, 5) is 18.1. The van der Waals surface area contributed by atoms with Gasteiger partial charge in [-0.3, -0.25) is 0 Å². The van der Waals surface area contributed by atoms with Gasteiger partial charge in [-0.25, -0.2) is 4.79 Å². The standard InChI is InChI=1S/C39H47NO9/c1-39(2,3)48-38(41)49-40-20-19-32(27-15-17-29(18-16-27)45-21-10-22-46-31-12-9-11-30(24-31)42-4)36(25-40)47-26-28-23-35(43-5)33-13-7-8-14-34(33)37(28)44-6/h7-9,11-18,23-24,32,36H,10,19-22,25-26H2,1-6H3. The highest BCUT2D eigenvalue weighted by molar-refractivity contribution is 5.94. The SMILES string of the molecule is COc1cccc(OCCCOc2ccc(C3CCN(OC(=O)OC(C)(C)C)CC3OCc3cc(OC)c4ccccc4c3OC)cc2)c1. The zero-order valence-electron chi connectivity index (χ0n) is 29.2. The molecule has 10 heteroatoms. The van der Waals surface area contributed by atoms with Crippen LogP contribution in [0.15, 0.2) is 78.9 Å². The van der Waals surface area contributed by atoms with Gasteiger partial charge in [0.05, 0.1) is 53.8 Å². The van der Waals surface area contributed by atoms with E-state index in [1.165, 1.54) is 0 Å². The summed E-state index contributed by atoms with van der Waals surface area (Å²) in [5, 5.41) is 3.53. The second-order valence-electron chi connectivity index (χ2n) is 12.8. The molecule has 4 aromatic carbocycles. The summed E-state index contributed by atoms with van der Waals surface area (Å²) in [6.07, 6.45) is 0.390. The van der Waals surface area contributed by atoms with Crippen molar-refractivity contribution >= 4 is 16.9 Å². The van der Waals surface area contributed by atoms with Crippen molar-refractivity contribution in [3.63, 3.8) is 0 Å². The third kappa shape index (κ3) is 9.70. The Morgan fingerprint density at radius 1 is 0.796 bits per heavy atom. The molecule has 2 unspecified atom stereocenters. The van der Waals surface area contributed by atoms with Crippen molar-refractivity contribution in [2.45, 2.75) is 57.8 Å². The lowest BCUT2D eigenvalue weighted by Crippen LogP contribution is -2.45. The van der Waals surface area contributed by atoms with E-state index in [1.54, 1.807) is 47.2 Å². The Bertz CT molecular complexity index is 1670.